The summed E-state index contributed by atoms with van der Waals surface area (Å²) in [7, 11) is -2.37. The molecule has 7 nitrogen and oxygen atoms in total. The normalized spacial score (nSPS) is 15.5. The van der Waals surface area contributed by atoms with E-state index in [1.165, 1.54) is 12.1 Å². The van der Waals surface area contributed by atoms with Gasteiger partial charge in [0.2, 0.25) is 5.91 Å². The summed E-state index contributed by atoms with van der Waals surface area (Å²) in [6, 6.07) is 21.5. The van der Waals surface area contributed by atoms with Crippen molar-refractivity contribution in [3.8, 4) is 16.9 Å². The molecule has 35 heavy (non-hydrogen) atoms. The summed E-state index contributed by atoms with van der Waals surface area (Å²) in [4.78, 5) is 25.3. The predicted molar refractivity (Wildman–Crippen MR) is 132 cm³/mol. The molecule has 182 valence electrons. The maximum Gasteiger partial charge on any atom is 0.326 e. The zero-order valence-corrected chi connectivity index (χ0v) is 20.1. The average Bonchev–Trinajstić information content (AvgIpc) is 2.83. The minimum atomic E-state index is -3.97. The van der Waals surface area contributed by atoms with E-state index in [1.54, 1.807) is 37.4 Å². The Morgan fingerprint density at radius 3 is 2.17 bits per heavy atom. The van der Waals surface area contributed by atoms with Gasteiger partial charge in [-0.25, -0.2) is 13.2 Å². The van der Waals surface area contributed by atoms with Gasteiger partial charge in [0.15, 0.2) is 14.6 Å². The Kier molecular flexibility index (Phi) is 6.93. The van der Waals surface area contributed by atoms with Crippen molar-refractivity contribution < 1.29 is 27.9 Å². The standard InChI is InChI=1S/C27H27NO6S/c1-34-24-11-6-5-10-22(24)20-14-12-19(13-15-20)18-23(25(29)30)28-26(31)27(16-7-17-27)35(32,33)21-8-3-2-4-9-21/h2-6,8-15,23H,7,16-18H2,1H3,(H,28,31)(H,29,30)/t23-/m0/s1. The Bertz CT molecular complexity index is 1320. The molecule has 8 heteroatoms. The van der Waals surface area contributed by atoms with Crippen LogP contribution in [0.4, 0.5) is 0 Å². The number of nitrogens with one attached hydrogen (secondary N) is 1. The third-order valence-electron chi connectivity index (χ3n) is 6.56. The second-order valence-electron chi connectivity index (χ2n) is 8.63. The van der Waals surface area contributed by atoms with Crippen LogP contribution in [0.1, 0.15) is 24.8 Å². The van der Waals surface area contributed by atoms with Crippen molar-refractivity contribution >= 4 is 21.7 Å². The molecular formula is C27H27NO6S. The number of aliphatic carboxylic acids is 1. The van der Waals surface area contributed by atoms with Gasteiger partial charge in [-0.2, -0.15) is 0 Å². The summed E-state index contributed by atoms with van der Waals surface area (Å²) >= 11 is 0. The topological polar surface area (TPSA) is 110 Å². The molecule has 0 heterocycles. The molecular weight excluding hydrogens is 466 g/mol. The molecule has 0 saturated heterocycles. The first kappa shape index (κ1) is 24.5. The molecule has 2 N–H and O–H groups in total. The van der Waals surface area contributed by atoms with Crippen molar-refractivity contribution in [2.24, 2.45) is 0 Å². The highest BCUT2D eigenvalue weighted by molar-refractivity contribution is 7.93. The molecule has 1 amide bonds. The lowest BCUT2D eigenvalue weighted by Gasteiger charge is -2.39. The highest BCUT2D eigenvalue weighted by Gasteiger charge is 2.56. The van der Waals surface area contributed by atoms with E-state index in [4.69, 9.17) is 4.74 Å². The second-order valence-corrected chi connectivity index (χ2v) is 10.9. The van der Waals surface area contributed by atoms with Crippen molar-refractivity contribution in [3.63, 3.8) is 0 Å². The van der Waals surface area contributed by atoms with Crippen LogP contribution in [0.15, 0.2) is 83.8 Å². The van der Waals surface area contributed by atoms with Gasteiger partial charge in [0.1, 0.15) is 11.8 Å². The molecule has 3 aromatic carbocycles. The van der Waals surface area contributed by atoms with E-state index in [0.29, 0.717) is 12.0 Å². The third kappa shape index (κ3) is 4.66. The number of hydrogen-bond donors (Lipinski definition) is 2. The number of sulfone groups is 1. The number of carbonyl (C=O) groups is 2. The number of carboxylic acids is 1. The molecule has 1 saturated carbocycles. The van der Waals surface area contributed by atoms with Crippen molar-refractivity contribution in [2.45, 2.75) is 41.4 Å². The average molecular weight is 494 g/mol. The number of carboxylic acid groups (broad SMARTS) is 1. The number of methoxy groups -OCH3 is 1. The summed E-state index contributed by atoms with van der Waals surface area (Å²) in [5.41, 5.74) is 2.51. The van der Waals surface area contributed by atoms with E-state index in [0.717, 1.165) is 16.9 Å². The molecule has 0 bridgehead atoms. The predicted octanol–water partition coefficient (Wildman–Crippen LogP) is 3.87. The number of ether oxygens (including phenoxy) is 1. The number of hydrogen-bond acceptors (Lipinski definition) is 5. The molecule has 0 radical (unpaired) electrons. The maximum atomic E-state index is 13.3. The van der Waals surface area contributed by atoms with Crippen LogP contribution in [0.5, 0.6) is 5.75 Å². The highest BCUT2D eigenvalue weighted by atomic mass is 32.2. The van der Waals surface area contributed by atoms with Crippen LogP contribution >= 0.6 is 0 Å². The van der Waals surface area contributed by atoms with Crippen LogP contribution in [0.2, 0.25) is 0 Å². The molecule has 3 aromatic rings. The molecule has 1 atom stereocenters. The molecule has 0 unspecified atom stereocenters. The van der Waals surface area contributed by atoms with Crippen molar-refractivity contribution in [3.05, 3.63) is 84.4 Å². The van der Waals surface area contributed by atoms with E-state index in [-0.39, 0.29) is 24.2 Å². The monoisotopic (exact) mass is 493 g/mol. The van der Waals surface area contributed by atoms with E-state index in [9.17, 15) is 23.1 Å². The third-order valence-corrected chi connectivity index (χ3v) is 9.07. The molecule has 0 aromatic heterocycles. The summed E-state index contributed by atoms with van der Waals surface area (Å²) in [6.07, 6.45) is 0.933. The van der Waals surface area contributed by atoms with Gasteiger partial charge in [0.05, 0.1) is 12.0 Å². The van der Waals surface area contributed by atoms with Crippen LogP contribution in [0.25, 0.3) is 11.1 Å². The lowest BCUT2D eigenvalue weighted by molar-refractivity contribution is -0.142. The van der Waals surface area contributed by atoms with Gasteiger partial charge in [0, 0.05) is 12.0 Å². The lowest BCUT2D eigenvalue weighted by atomic mass is 9.83. The van der Waals surface area contributed by atoms with Crippen LogP contribution in [0, 0.1) is 0 Å². The van der Waals surface area contributed by atoms with Crippen LogP contribution in [-0.4, -0.2) is 43.3 Å². The first-order valence-corrected chi connectivity index (χ1v) is 12.8. The fourth-order valence-corrected chi connectivity index (χ4v) is 6.47. The van der Waals surface area contributed by atoms with Crippen molar-refractivity contribution in [2.75, 3.05) is 7.11 Å². The Labute approximate surface area is 204 Å². The van der Waals surface area contributed by atoms with E-state index in [2.05, 4.69) is 5.32 Å². The molecule has 1 aliphatic rings. The molecule has 0 aliphatic heterocycles. The summed E-state index contributed by atoms with van der Waals surface area (Å²) in [5.74, 6) is -1.26. The minimum absolute atomic E-state index is 0.0226. The molecule has 4 rings (SSSR count). The number of amides is 1. The van der Waals surface area contributed by atoms with Gasteiger partial charge >= 0.3 is 5.97 Å². The number of benzene rings is 3. The highest BCUT2D eigenvalue weighted by Crippen LogP contribution is 2.43. The maximum absolute atomic E-state index is 13.3. The Balaban J connectivity index is 1.53. The fraction of sp³-hybridized carbons (Fsp3) is 0.259. The first-order chi connectivity index (χ1) is 16.8. The van der Waals surface area contributed by atoms with Crippen molar-refractivity contribution in [1.82, 2.24) is 5.32 Å². The van der Waals surface area contributed by atoms with Gasteiger partial charge in [-0.3, -0.25) is 4.79 Å². The zero-order chi connectivity index (χ0) is 25.1. The smallest absolute Gasteiger partial charge is 0.326 e. The number of carbonyl (C=O) groups excluding carboxylic acids is 1. The SMILES string of the molecule is COc1ccccc1-c1ccc(C[C@H](NC(=O)C2(S(=O)(=O)c3ccccc3)CCC2)C(=O)O)cc1. The zero-order valence-electron chi connectivity index (χ0n) is 19.3. The van der Waals surface area contributed by atoms with Gasteiger partial charge in [-0.1, -0.05) is 60.7 Å². The second kappa shape index (κ2) is 9.92. The van der Waals surface area contributed by atoms with Crippen LogP contribution < -0.4 is 10.1 Å². The van der Waals surface area contributed by atoms with E-state index < -0.39 is 32.5 Å². The van der Waals surface area contributed by atoms with Gasteiger partial charge in [0.25, 0.3) is 0 Å². The Morgan fingerprint density at radius 1 is 0.971 bits per heavy atom. The molecule has 1 aliphatic carbocycles. The van der Waals surface area contributed by atoms with E-state index >= 15 is 0 Å². The van der Waals surface area contributed by atoms with Gasteiger partial charge in [-0.05, 0) is 48.6 Å². The summed E-state index contributed by atoms with van der Waals surface area (Å²) in [6.45, 7) is 0. The van der Waals surface area contributed by atoms with Crippen molar-refractivity contribution in [1.29, 1.82) is 0 Å². The quantitative estimate of drug-likeness (QED) is 0.468. The fourth-order valence-electron chi connectivity index (χ4n) is 4.37. The molecule has 0 spiro atoms. The number of rotatable bonds is 9. The first-order valence-electron chi connectivity index (χ1n) is 11.3. The minimum Gasteiger partial charge on any atom is -0.496 e. The summed E-state index contributed by atoms with van der Waals surface area (Å²) < 4.78 is 30.3. The lowest BCUT2D eigenvalue weighted by Crippen LogP contribution is -2.60. The van der Waals surface area contributed by atoms with Crippen LogP contribution in [-0.2, 0) is 25.8 Å². The largest absolute Gasteiger partial charge is 0.496 e. The van der Waals surface area contributed by atoms with E-state index in [1.807, 2.05) is 36.4 Å². The molecule has 1 fully saturated rings. The van der Waals surface area contributed by atoms with Crippen LogP contribution in [0.3, 0.4) is 0 Å². The van der Waals surface area contributed by atoms with Gasteiger partial charge < -0.3 is 15.2 Å². The van der Waals surface area contributed by atoms with Gasteiger partial charge in [-0.15, -0.1) is 0 Å². The Hall–Kier alpha value is -3.65. The summed E-state index contributed by atoms with van der Waals surface area (Å²) in [5, 5.41) is 12.3. The number of para-hydroxylation sites is 1. The Morgan fingerprint density at radius 2 is 1.60 bits per heavy atom.